The SMILES string of the molecule is CC(C)c1ccc2c(c1)/C(=N\O)[C@H](O)[C@H]1[C@](C)(/C=N/OCCCN)CCC[C@]21C. The molecule has 0 aliphatic heterocycles. The van der Waals surface area contributed by atoms with Crippen molar-refractivity contribution in [3.05, 3.63) is 34.9 Å². The van der Waals surface area contributed by atoms with Crippen LogP contribution in [0.5, 0.6) is 0 Å². The van der Waals surface area contributed by atoms with E-state index in [0.29, 0.717) is 24.8 Å². The van der Waals surface area contributed by atoms with E-state index in [-0.39, 0.29) is 16.7 Å². The Morgan fingerprint density at radius 1 is 1.31 bits per heavy atom. The van der Waals surface area contributed by atoms with Gasteiger partial charge in [0.1, 0.15) is 18.4 Å². The summed E-state index contributed by atoms with van der Waals surface area (Å²) in [5.41, 5.74) is 8.43. The number of rotatable bonds is 6. The van der Waals surface area contributed by atoms with Crippen LogP contribution in [-0.4, -0.2) is 41.5 Å². The monoisotopic (exact) mass is 401 g/mol. The van der Waals surface area contributed by atoms with Crippen molar-refractivity contribution in [1.82, 2.24) is 0 Å². The lowest BCUT2D eigenvalue weighted by molar-refractivity contribution is 0.00567. The number of oxime groups is 2. The van der Waals surface area contributed by atoms with Gasteiger partial charge in [-0.1, -0.05) is 56.6 Å². The molecular formula is C23H35N3O3. The molecule has 1 saturated carbocycles. The van der Waals surface area contributed by atoms with E-state index in [0.717, 1.165) is 36.8 Å². The lowest BCUT2D eigenvalue weighted by atomic mass is 9.49. The highest BCUT2D eigenvalue weighted by atomic mass is 16.6. The lowest BCUT2D eigenvalue weighted by Crippen LogP contribution is -2.58. The van der Waals surface area contributed by atoms with Gasteiger partial charge in [-0.2, -0.15) is 0 Å². The molecule has 0 saturated heterocycles. The maximum absolute atomic E-state index is 11.4. The van der Waals surface area contributed by atoms with Crippen molar-refractivity contribution in [3.63, 3.8) is 0 Å². The first-order chi connectivity index (χ1) is 13.8. The molecule has 0 amide bonds. The molecule has 6 heteroatoms. The van der Waals surface area contributed by atoms with Gasteiger partial charge in [0.25, 0.3) is 0 Å². The van der Waals surface area contributed by atoms with Crippen LogP contribution in [0.15, 0.2) is 28.5 Å². The molecule has 0 bridgehead atoms. The fraction of sp³-hybridized carbons (Fsp3) is 0.652. The number of benzene rings is 1. The van der Waals surface area contributed by atoms with Crippen molar-refractivity contribution >= 4 is 11.9 Å². The van der Waals surface area contributed by atoms with Gasteiger partial charge in [0.05, 0.1) is 6.21 Å². The van der Waals surface area contributed by atoms with Crippen molar-refractivity contribution in [1.29, 1.82) is 0 Å². The van der Waals surface area contributed by atoms with E-state index >= 15 is 0 Å². The molecule has 0 unspecified atom stereocenters. The molecular weight excluding hydrogens is 366 g/mol. The van der Waals surface area contributed by atoms with Crippen LogP contribution in [0.3, 0.4) is 0 Å². The zero-order valence-electron chi connectivity index (χ0n) is 18.1. The van der Waals surface area contributed by atoms with E-state index in [2.05, 4.69) is 56.2 Å². The Bertz CT molecular complexity index is 792. The van der Waals surface area contributed by atoms with E-state index in [1.54, 1.807) is 0 Å². The maximum Gasteiger partial charge on any atom is 0.118 e. The average Bonchev–Trinajstić information content (AvgIpc) is 2.67. The molecule has 2 aliphatic rings. The lowest BCUT2D eigenvalue weighted by Gasteiger charge is -2.55. The van der Waals surface area contributed by atoms with Gasteiger partial charge in [0.15, 0.2) is 0 Å². The third-order valence-corrected chi connectivity index (χ3v) is 6.98. The molecule has 1 fully saturated rings. The molecule has 1 aromatic carbocycles. The van der Waals surface area contributed by atoms with Crippen molar-refractivity contribution in [2.75, 3.05) is 13.2 Å². The normalized spacial score (nSPS) is 33.1. The zero-order chi connectivity index (χ0) is 21.2. The minimum absolute atomic E-state index is 0.158. The summed E-state index contributed by atoms with van der Waals surface area (Å²) in [6.45, 7) is 9.68. The molecule has 3 rings (SSSR count). The van der Waals surface area contributed by atoms with Crippen LogP contribution >= 0.6 is 0 Å². The van der Waals surface area contributed by atoms with Gasteiger partial charge in [-0.05, 0) is 54.3 Å². The summed E-state index contributed by atoms with van der Waals surface area (Å²) in [5, 5.41) is 29.0. The van der Waals surface area contributed by atoms with E-state index in [1.807, 2.05) is 6.21 Å². The smallest absolute Gasteiger partial charge is 0.118 e. The van der Waals surface area contributed by atoms with Gasteiger partial charge in [-0.3, -0.25) is 0 Å². The van der Waals surface area contributed by atoms with Crippen molar-refractivity contribution in [2.45, 2.75) is 70.8 Å². The van der Waals surface area contributed by atoms with Crippen LogP contribution in [-0.2, 0) is 10.3 Å². The molecule has 4 atom stereocenters. The summed E-state index contributed by atoms with van der Waals surface area (Å²) in [4.78, 5) is 5.38. The van der Waals surface area contributed by atoms with E-state index in [1.165, 1.54) is 5.56 Å². The molecule has 1 aromatic rings. The average molecular weight is 402 g/mol. The Morgan fingerprint density at radius 3 is 2.72 bits per heavy atom. The third-order valence-electron chi connectivity index (χ3n) is 6.98. The number of fused-ring (bicyclic) bond motifs is 3. The Kier molecular flexibility index (Phi) is 6.34. The highest BCUT2D eigenvalue weighted by Gasteiger charge is 2.57. The van der Waals surface area contributed by atoms with Crippen LogP contribution < -0.4 is 5.73 Å². The summed E-state index contributed by atoms with van der Waals surface area (Å²) < 4.78 is 0. The van der Waals surface area contributed by atoms with E-state index in [9.17, 15) is 10.3 Å². The summed E-state index contributed by atoms with van der Waals surface area (Å²) >= 11 is 0. The fourth-order valence-electron chi connectivity index (χ4n) is 5.45. The predicted octanol–water partition coefficient (Wildman–Crippen LogP) is 3.78. The van der Waals surface area contributed by atoms with Gasteiger partial charge in [0.2, 0.25) is 0 Å². The first-order valence-corrected chi connectivity index (χ1v) is 10.7. The molecule has 2 aliphatic carbocycles. The number of hydrogen-bond donors (Lipinski definition) is 3. The molecule has 0 spiro atoms. The van der Waals surface area contributed by atoms with Crippen LogP contribution in [0, 0.1) is 11.3 Å². The maximum atomic E-state index is 11.4. The minimum atomic E-state index is -0.874. The van der Waals surface area contributed by atoms with Gasteiger partial charge in [-0.15, -0.1) is 0 Å². The van der Waals surface area contributed by atoms with Crippen molar-refractivity contribution in [3.8, 4) is 0 Å². The summed E-state index contributed by atoms with van der Waals surface area (Å²) in [5.74, 6) is 0.200. The standard InChI is InChI=1S/C23H35N3O3/c1-15(2)16-7-8-18-17(13-16)19(26-28)20(27)21-22(3,9-5-10-23(18,21)4)14-25-29-12-6-11-24/h7-8,13-15,20-21,27-28H,5-6,9-12,24H2,1-4H3/b25-14+,26-19+/t20-,21-,22-,23+/m0/s1. The number of hydrogen-bond acceptors (Lipinski definition) is 6. The van der Waals surface area contributed by atoms with Crippen LogP contribution in [0.25, 0.3) is 0 Å². The number of aliphatic hydroxyl groups excluding tert-OH is 1. The predicted molar refractivity (Wildman–Crippen MR) is 116 cm³/mol. The topological polar surface area (TPSA) is 100 Å². The number of nitrogens with two attached hydrogens (primary N) is 1. The van der Waals surface area contributed by atoms with Crippen molar-refractivity contribution < 1.29 is 15.2 Å². The molecule has 0 heterocycles. The fourth-order valence-corrected chi connectivity index (χ4v) is 5.45. The van der Waals surface area contributed by atoms with Gasteiger partial charge in [0, 0.05) is 16.9 Å². The van der Waals surface area contributed by atoms with Gasteiger partial charge >= 0.3 is 0 Å². The van der Waals surface area contributed by atoms with E-state index < -0.39 is 6.10 Å². The largest absolute Gasteiger partial charge is 0.411 e. The molecule has 4 N–H and O–H groups in total. The minimum Gasteiger partial charge on any atom is -0.411 e. The molecule has 0 aromatic heterocycles. The Balaban J connectivity index is 2.05. The summed E-state index contributed by atoms with van der Waals surface area (Å²) in [7, 11) is 0. The second-order valence-corrected chi connectivity index (χ2v) is 9.35. The quantitative estimate of drug-likeness (QED) is 0.292. The molecule has 160 valence electrons. The zero-order valence-corrected chi connectivity index (χ0v) is 18.1. The highest BCUT2D eigenvalue weighted by molar-refractivity contribution is 6.07. The first kappa shape index (κ1) is 21.8. The first-order valence-electron chi connectivity index (χ1n) is 10.7. The Labute approximate surface area is 173 Å². The second-order valence-electron chi connectivity index (χ2n) is 9.35. The molecule has 0 radical (unpaired) electrons. The van der Waals surface area contributed by atoms with Gasteiger partial charge < -0.3 is 20.9 Å². The summed E-state index contributed by atoms with van der Waals surface area (Å²) in [6, 6.07) is 6.40. The van der Waals surface area contributed by atoms with Crippen LogP contribution in [0.4, 0.5) is 0 Å². The summed E-state index contributed by atoms with van der Waals surface area (Å²) in [6.07, 6.45) is 4.62. The van der Waals surface area contributed by atoms with Crippen LogP contribution in [0.1, 0.15) is 76.0 Å². The number of aliphatic hydroxyl groups is 1. The Morgan fingerprint density at radius 2 is 2.07 bits per heavy atom. The molecule has 6 nitrogen and oxygen atoms in total. The Hall–Kier alpha value is -1.92. The highest BCUT2D eigenvalue weighted by Crippen LogP contribution is 2.56. The molecule has 29 heavy (non-hydrogen) atoms. The van der Waals surface area contributed by atoms with E-state index in [4.69, 9.17) is 10.6 Å². The second kappa shape index (κ2) is 8.44. The number of nitrogens with zero attached hydrogens (tertiary/aromatic N) is 2. The van der Waals surface area contributed by atoms with Crippen molar-refractivity contribution in [2.24, 2.45) is 27.4 Å². The van der Waals surface area contributed by atoms with Gasteiger partial charge in [-0.25, -0.2) is 0 Å². The van der Waals surface area contributed by atoms with Crippen LogP contribution in [0.2, 0.25) is 0 Å². The third kappa shape index (κ3) is 3.80.